The van der Waals surface area contributed by atoms with Crippen molar-refractivity contribution < 1.29 is 4.74 Å². The van der Waals surface area contributed by atoms with E-state index in [1.807, 2.05) is 36.4 Å². The van der Waals surface area contributed by atoms with E-state index in [0.717, 1.165) is 21.3 Å². The molecule has 2 aromatic rings. The van der Waals surface area contributed by atoms with Gasteiger partial charge in [0.1, 0.15) is 12.4 Å². The van der Waals surface area contributed by atoms with Crippen molar-refractivity contribution in [3.8, 4) is 5.75 Å². The first-order chi connectivity index (χ1) is 8.69. The zero-order valence-electron chi connectivity index (χ0n) is 10.3. The second kappa shape index (κ2) is 6.03. The van der Waals surface area contributed by atoms with Crippen molar-refractivity contribution in [2.45, 2.75) is 20.1 Å². The van der Waals surface area contributed by atoms with E-state index in [1.54, 1.807) is 0 Å². The predicted octanol–water partition coefficient (Wildman–Crippen LogP) is 3.80. The van der Waals surface area contributed by atoms with E-state index < -0.39 is 0 Å². The molecule has 2 rings (SSSR count). The number of rotatable bonds is 4. The SMILES string of the molecule is Cc1ccc(OCc2cccc(CN)c2)c(Br)c1. The van der Waals surface area contributed by atoms with Gasteiger partial charge in [0, 0.05) is 6.54 Å². The number of nitrogens with two attached hydrogens (primary N) is 1. The molecule has 3 heteroatoms. The summed E-state index contributed by atoms with van der Waals surface area (Å²) in [6.07, 6.45) is 0. The molecule has 0 aliphatic heterocycles. The van der Waals surface area contributed by atoms with Gasteiger partial charge in [-0.25, -0.2) is 0 Å². The lowest BCUT2D eigenvalue weighted by Crippen LogP contribution is -2.00. The summed E-state index contributed by atoms with van der Waals surface area (Å²) in [6, 6.07) is 14.2. The van der Waals surface area contributed by atoms with E-state index in [9.17, 15) is 0 Å². The standard InChI is InChI=1S/C15H16BrNO/c1-11-5-6-15(14(16)7-11)18-10-13-4-2-3-12(8-13)9-17/h2-8H,9-10,17H2,1H3. The molecular weight excluding hydrogens is 290 g/mol. The van der Waals surface area contributed by atoms with Crippen molar-refractivity contribution in [3.63, 3.8) is 0 Å². The van der Waals surface area contributed by atoms with Gasteiger partial charge in [-0.15, -0.1) is 0 Å². The van der Waals surface area contributed by atoms with Crippen molar-refractivity contribution >= 4 is 15.9 Å². The topological polar surface area (TPSA) is 35.2 Å². The van der Waals surface area contributed by atoms with Gasteiger partial charge >= 0.3 is 0 Å². The lowest BCUT2D eigenvalue weighted by molar-refractivity contribution is 0.304. The molecule has 0 aliphatic rings. The summed E-state index contributed by atoms with van der Waals surface area (Å²) in [5.74, 6) is 0.860. The number of hydrogen-bond donors (Lipinski definition) is 1. The number of hydrogen-bond acceptors (Lipinski definition) is 2. The summed E-state index contributed by atoms with van der Waals surface area (Å²) in [6.45, 7) is 3.16. The van der Waals surface area contributed by atoms with Crippen molar-refractivity contribution in [1.82, 2.24) is 0 Å². The Kier molecular flexibility index (Phi) is 4.39. The van der Waals surface area contributed by atoms with Crippen LogP contribution in [0.4, 0.5) is 0 Å². The summed E-state index contributed by atoms with van der Waals surface area (Å²) in [4.78, 5) is 0. The Hall–Kier alpha value is -1.32. The Morgan fingerprint density at radius 1 is 1.11 bits per heavy atom. The molecule has 94 valence electrons. The highest BCUT2D eigenvalue weighted by molar-refractivity contribution is 9.10. The molecular formula is C15H16BrNO. The molecule has 2 N–H and O–H groups in total. The second-order valence-electron chi connectivity index (χ2n) is 4.25. The van der Waals surface area contributed by atoms with E-state index in [-0.39, 0.29) is 0 Å². The Morgan fingerprint density at radius 2 is 1.89 bits per heavy atom. The first-order valence-corrected chi connectivity index (χ1v) is 6.65. The van der Waals surface area contributed by atoms with Crippen LogP contribution in [-0.2, 0) is 13.2 Å². The number of benzene rings is 2. The Morgan fingerprint density at radius 3 is 2.61 bits per heavy atom. The van der Waals surface area contributed by atoms with Gasteiger partial charge in [-0.05, 0) is 51.7 Å². The zero-order valence-corrected chi connectivity index (χ0v) is 11.9. The van der Waals surface area contributed by atoms with Crippen molar-refractivity contribution in [2.24, 2.45) is 5.73 Å². The molecule has 0 aliphatic carbocycles. The molecule has 0 fully saturated rings. The lowest BCUT2D eigenvalue weighted by Gasteiger charge is -2.09. The number of halogens is 1. The molecule has 0 heterocycles. The maximum Gasteiger partial charge on any atom is 0.134 e. The molecule has 0 atom stereocenters. The molecule has 0 amide bonds. The van der Waals surface area contributed by atoms with Crippen LogP contribution in [0.1, 0.15) is 16.7 Å². The van der Waals surface area contributed by atoms with Crippen LogP contribution >= 0.6 is 15.9 Å². The fourth-order valence-electron chi connectivity index (χ4n) is 1.73. The normalized spacial score (nSPS) is 10.4. The van der Waals surface area contributed by atoms with Crippen molar-refractivity contribution in [3.05, 3.63) is 63.6 Å². The van der Waals surface area contributed by atoms with Gasteiger partial charge in [-0.2, -0.15) is 0 Å². The van der Waals surface area contributed by atoms with Gasteiger partial charge in [0.2, 0.25) is 0 Å². The number of aryl methyl sites for hydroxylation is 1. The molecule has 2 nitrogen and oxygen atoms in total. The fraction of sp³-hybridized carbons (Fsp3) is 0.200. The molecule has 0 radical (unpaired) electrons. The van der Waals surface area contributed by atoms with Crippen LogP contribution in [0.25, 0.3) is 0 Å². The molecule has 0 saturated heterocycles. The largest absolute Gasteiger partial charge is 0.488 e. The van der Waals surface area contributed by atoms with E-state index in [0.29, 0.717) is 13.2 Å². The molecule has 0 bridgehead atoms. The Balaban J connectivity index is 2.06. The molecule has 0 aromatic heterocycles. The highest BCUT2D eigenvalue weighted by atomic mass is 79.9. The van der Waals surface area contributed by atoms with E-state index in [4.69, 9.17) is 10.5 Å². The molecule has 2 aromatic carbocycles. The van der Waals surface area contributed by atoms with Crippen LogP contribution in [0.3, 0.4) is 0 Å². The first kappa shape index (κ1) is 13.1. The summed E-state index contributed by atoms with van der Waals surface area (Å²) in [7, 11) is 0. The van der Waals surface area contributed by atoms with Crippen LogP contribution in [0, 0.1) is 6.92 Å². The third kappa shape index (κ3) is 3.34. The van der Waals surface area contributed by atoms with Gasteiger partial charge in [0.15, 0.2) is 0 Å². The maximum atomic E-state index is 5.79. The van der Waals surface area contributed by atoms with Gasteiger partial charge < -0.3 is 10.5 Å². The van der Waals surface area contributed by atoms with Gasteiger partial charge in [0.05, 0.1) is 4.47 Å². The third-order valence-corrected chi connectivity index (χ3v) is 3.33. The molecule has 0 unspecified atom stereocenters. The van der Waals surface area contributed by atoms with Gasteiger partial charge in [-0.3, -0.25) is 0 Å². The van der Waals surface area contributed by atoms with Crippen molar-refractivity contribution in [1.29, 1.82) is 0 Å². The minimum atomic E-state index is 0.551. The Bertz CT molecular complexity index is 540. The average Bonchev–Trinajstić information content (AvgIpc) is 2.38. The van der Waals surface area contributed by atoms with Crippen LogP contribution in [0.2, 0.25) is 0 Å². The monoisotopic (exact) mass is 305 g/mol. The second-order valence-corrected chi connectivity index (χ2v) is 5.10. The summed E-state index contributed by atoms with van der Waals surface area (Å²) in [5, 5.41) is 0. The molecule has 0 saturated carbocycles. The summed E-state index contributed by atoms with van der Waals surface area (Å²) < 4.78 is 6.77. The van der Waals surface area contributed by atoms with Crippen LogP contribution < -0.4 is 10.5 Å². The highest BCUT2D eigenvalue weighted by Gasteiger charge is 2.02. The van der Waals surface area contributed by atoms with E-state index in [1.165, 1.54) is 5.56 Å². The predicted molar refractivity (Wildman–Crippen MR) is 77.5 cm³/mol. The Labute approximate surface area is 116 Å². The maximum absolute atomic E-state index is 5.79. The van der Waals surface area contributed by atoms with Crippen LogP contribution in [0.5, 0.6) is 5.75 Å². The van der Waals surface area contributed by atoms with E-state index in [2.05, 4.69) is 28.9 Å². The minimum absolute atomic E-state index is 0.551. The van der Waals surface area contributed by atoms with Crippen molar-refractivity contribution in [2.75, 3.05) is 0 Å². The smallest absolute Gasteiger partial charge is 0.134 e. The average molecular weight is 306 g/mol. The molecule has 18 heavy (non-hydrogen) atoms. The van der Waals surface area contributed by atoms with Gasteiger partial charge in [0.25, 0.3) is 0 Å². The summed E-state index contributed by atoms with van der Waals surface area (Å²) in [5.41, 5.74) is 9.08. The van der Waals surface area contributed by atoms with Crippen LogP contribution in [-0.4, -0.2) is 0 Å². The minimum Gasteiger partial charge on any atom is -0.488 e. The molecule has 0 spiro atoms. The lowest BCUT2D eigenvalue weighted by atomic mass is 10.1. The van der Waals surface area contributed by atoms with E-state index >= 15 is 0 Å². The number of ether oxygens (including phenoxy) is 1. The zero-order chi connectivity index (χ0) is 13.0. The van der Waals surface area contributed by atoms with Gasteiger partial charge in [-0.1, -0.05) is 30.3 Å². The summed E-state index contributed by atoms with van der Waals surface area (Å²) >= 11 is 3.50. The first-order valence-electron chi connectivity index (χ1n) is 5.86. The van der Waals surface area contributed by atoms with Crippen LogP contribution in [0.15, 0.2) is 46.9 Å². The third-order valence-electron chi connectivity index (χ3n) is 2.71. The highest BCUT2D eigenvalue weighted by Crippen LogP contribution is 2.26. The fourth-order valence-corrected chi connectivity index (χ4v) is 2.34. The quantitative estimate of drug-likeness (QED) is 0.932.